The summed E-state index contributed by atoms with van der Waals surface area (Å²) in [6.07, 6.45) is 3.77. The van der Waals surface area contributed by atoms with Crippen molar-refractivity contribution >= 4 is 5.97 Å². The SMILES string of the molecule is C=C(C(=O)O)C(CCO)C1CC(C)CC(C)(C)C1. The fraction of sp³-hybridized carbons (Fsp3) is 0.800. The summed E-state index contributed by atoms with van der Waals surface area (Å²) in [5, 5.41) is 18.3. The van der Waals surface area contributed by atoms with E-state index in [0.717, 1.165) is 12.8 Å². The summed E-state index contributed by atoms with van der Waals surface area (Å²) in [5.74, 6) is -0.0694. The van der Waals surface area contributed by atoms with Crippen LogP contribution in [-0.2, 0) is 4.79 Å². The minimum atomic E-state index is -0.926. The molecule has 0 aromatic rings. The molecule has 0 saturated heterocycles. The predicted octanol–water partition coefficient (Wildman–Crippen LogP) is 3.09. The van der Waals surface area contributed by atoms with E-state index in [9.17, 15) is 4.79 Å². The zero-order chi connectivity index (χ0) is 13.9. The zero-order valence-electron chi connectivity index (χ0n) is 11.8. The number of aliphatic hydroxyl groups is 1. The number of hydrogen-bond acceptors (Lipinski definition) is 2. The van der Waals surface area contributed by atoms with Gasteiger partial charge in [0.15, 0.2) is 0 Å². The van der Waals surface area contributed by atoms with E-state index >= 15 is 0 Å². The molecule has 0 radical (unpaired) electrons. The maximum atomic E-state index is 11.1. The first-order valence-corrected chi connectivity index (χ1v) is 6.80. The van der Waals surface area contributed by atoms with Gasteiger partial charge in [0.2, 0.25) is 0 Å². The van der Waals surface area contributed by atoms with Crippen LogP contribution in [0.3, 0.4) is 0 Å². The second kappa shape index (κ2) is 5.87. The molecular weight excluding hydrogens is 228 g/mol. The predicted molar refractivity (Wildman–Crippen MR) is 72.3 cm³/mol. The molecule has 3 nitrogen and oxygen atoms in total. The lowest BCUT2D eigenvalue weighted by Gasteiger charge is -2.42. The summed E-state index contributed by atoms with van der Waals surface area (Å²) in [4.78, 5) is 11.1. The quantitative estimate of drug-likeness (QED) is 0.741. The summed E-state index contributed by atoms with van der Waals surface area (Å²) < 4.78 is 0. The topological polar surface area (TPSA) is 57.5 Å². The van der Waals surface area contributed by atoms with E-state index in [1.807, 2.05) is 0 Å². The number of rotatable bonds is 5. The first-order chi connectivity index (χ1) is 8.26. The Morgan fingerprint density at radius 2 is 2.06 bits per heavy atom. The molecule has 0 amide bonds. The largest absolute Gasteiger partial charge is 0.478 e. The van der Waals surface area contributed by atoms with E-state index in [0.29, 0.717) is 18.3 Å². The molecule has 0 spiro atoms. The van der Waals surface area contributed by atoms with Crippen LogP contribution in [0.25, 0.3) is 0 Å². The molecule has 0 aliphatic heterocycles. The third kappa shape index (κ3) is 3.84. The first kappa shape index (κ1) is 15.2. The van der Waals surface area contributed by atoms with Gasteiger partial charge in [0.05, 0.1) is 0 Å². The molecule has 1 saturated carbocycles. The van der Waals surface area contributed by atoms with Gasteiger partial charge in [-0.3, -0.25) is 0 Å². The highest BCUT2D eigenvalue weighted by molar-refractivity contribution is 5.86. The Labute approximate surface area is 110 Å². The van der Waals surface area contributed by atoms with Gasteiger partial charge >= 0.3 is 5.97 Å². The lowest BCUT2D eigenvalue weighted by molar-refractivity contribution is -0.133. The van der Waals surface area contributed by atoms with Crippen LogP contribution in [0.15, 0.2) is 12.2 Å². The van der Waals surface area contributed by atoms with Gasteiger partial charge in [0, 0.05) is 12.2 Å². The van der Waals surface area contributed by atoms with Gasteiger partial charge in [-0.15, -0.1) is 0 Å². The molecular formula is C15H26O3. The average Bonchev–Trinajstić information content (AvgIpc) is 2.21. The molecule has 18 heavy (non-hydrogen) atoms. The number of carbonyl (C=O) groups is 1. The molecule has 1 aliphatic carbocycles. The summed E-state index contributed by atoms with van der Waals surface area (Å²) in [5.41, 5.74) is 0.522. The van der Waals surface area contributed by atoms with Crippen LogP contribution >= 0.6 is 0 Å². The molecule has 1 rings (SSSR count). The molecule has 0 aromatic carbocycles. The summed E-state index contributed by atoms with van der Waals surface area (Å²) >= 11 is 0. The Bertz CT molecular complexity index is 320. The molecule has 3 heteroatoms. The number of hydrogen-bond donors (Lipinski definition) is 2. The third-order valence-electron chi connectivity index (χ3n) is 4.15. The fourth-order valence-corrected chi connectivity index (χ4v) is 3.72. The molecule has 3 atom stereocenters. The highest BCUT2D eigenvalue weighted by atomic mass is 16.4. The van der Waals surface area contributed by atoms with Crippen molar-refractivity contribution in [2.75, 3.05) is 6.61 Å². The monoisotopic (exact) mass is 254 g/mol. The second-order valence-electron chi connectivity index (χ2n) is 6.62. The molecule has 2 N–H and O–H groups in total. The minimum absolute atomic E-state index is 0.0300. The first-order valence-electron chi connectivity index (χ1n) is 6.80. The Hall–Kier alpha value is -0.830. The summed E-state index contributed by atoms with van der Waals surface area (Å²) in [7, 11) is 0. The van der Waals surface area contributed by atoms with Crippen molar-refractivity contribution in [3.8, 4) is 0 Å². The van der Waals surface area contributed by atoms with Gasteiger partial charge in [-0.25, -0.2) is 4.79 Å². The number of aliphatic carboxylic acids is 1. The highest BCUT2D eigenvalue weighted by Gasteiger charge is 2.37. The summed E-state index contributed by atoms with van der Waals surface area (Å²) in [6.45, 7) is 10.5. The van der Waals surface area contributed by atoms with E-state index < -0.39 is 5.97 Å². The second-order valence-corrected chi connectivity index (χ2v) is 6.62. The van der Waals surface area contributed by atoms with Crippen molar-refractivity contribution in [1.82, 2.24) is 0 Å². The van der Waals surface area contributed by atoms with Gasteiger partial charge in [0.1, 0.15) is 0 Å². The van der Waals surface area contributed by atoms with Crippen LogP contribution < -0.4 is 0 Å². The van der Waals surface area contributed by atoms with Crippen molar-refractivity contribution in [2.45, 2.75) is 46.5 Å². The fourth-order valence-electron chi connectivity index (χ4n) is 3.72. The smallest absolute Gasteiger partial charge is 0.331 e. The molecule has 0 heterocycles. The molecule has 0 bridgehead atoms. The molecule has 3 unspecified atom stereocenters. The van der Waals surface area contributed by atoms with Crippen molar-refractivity contribution in [3.63, 3.8) is 0 Å². The van der Waals surface area contributed by atoms with Crippen LogP contribution in [0.5, 0.6) is 0 Å². The van der Waals surface area contributed by atoms with Gasteiger partial charge in [0.25, 0.3) is 0 Å². The maximum Gasteiger partial charge on any atom is 0.331 e. The van der Waals surface area contributed by atoms with E-state index in [-0.39, 0.29) is 23.5 Å². The highest BCUT2D eigenvalue weighted by Crippen LogP contribution is 2.46. The number of carboxylic acids is 1. The zero-order valence-corrected chi connectivity index (χ0v) is 11.8. The molecule has 1 fully saturated rings. The number of carboxylic acid groups (broad SMARTS) is 1. The van der Waals surface area contributed by atoms with Gasteiger partial charge in [-0.2, -0.15) is 0 Å². The lowest BCUT2D eigenvalue weighted by Crippen LogP contribution is -2.33. The van der Waals surface area contributed by atoms with Gasteiger partial charge < -0.3 is 10.2 Å². The molecule has 104 valence electrons. The lowest BCUT2D eigenvalue weighted by atomic mass is 9.63. The Morgan fingerprint density at radius 3 is 2.50 bits per heavy atom. The number of aliphatic hydroxyl groups excluding tert-OH is 1. The Morgan fingerprint density at radius 1 is 1.44 bits per heavy atom. The maximum absolute atomic E-state index is 11.1. The van der Waals surface area contributed by atoms with Crippen LogP contribution in [0.4, 0.5) is 0 Å². The van der Waals surface area contributed by atoms with Crippen LogP contribution in [-0.4, -0.2) is 22.8 Å². The van der Waals surface area contributed by atoms with Gasteiger partial charge in [-0.1, -0.05) is 27.4 Å². The summed E-state index contributed by atoms with van der Waals surface area (Å²) in [6, 6.07) is 0. The van der Waals surface area contributed by atoms with Crippen molar-refractivity contribution in [1.29, 1.82) is 0 Å². The standard InChI is InChI=1S/C15H26O3/c1-10-7-12(9-15(3,4)8-10)13(5-6-16)11(2)14(17)18/h10,12-13,16H,2,5-9H2,1,3-4H3,(H,17,18). The third-order valence-corrected chi connectivity index (χ3v) is 4.15. The van der Waals surface area contributed by atoms with E-state index in [2.05, 4.69) is 27.4 Å². The van der Waals surface area contributed by atoms with E-state index in [4.69, 9.17) is 10.2 Å². The van der Waals surface area contributed by atoms with Crippen LogP contribution in [0, 0.1) is 23.2 Å². The van der Waals surface area contributed by atoms with Crippen LogP contribution in [0.1, 0.15) is 46.5 Å². The molecule has 1 aliphatic rings. The van der Waals surface area contributed by atoms with Crippen molar-refractivity contribution in [3.05, 3.63) is 12.2 Å². The normalized spacial score (nSPS) is 28.7. The van der Waals surface area contributed by atoms with Gasteiger partial charge in [-0.05, 0) is 48.9 Å². The van der Waals surface area contributed by atoms with Crippen molar-refractivity contribution in [2.24, 2.45) is 23.2 Å². The Kier molecular flexibility index (Phi) is 4.97. The van der Waals surface area contributed by atoms with Crippen LogP contribution in [0.2, 0.25) is 0 Å². The Balaban J connectivity index is 2.85. The molecule has 0 aromatic heterocycles. The average molecular weight is 254 g/mol. The van der Waals surface area contributed by atoms with E-state index in [1.54, 1.807) is 0 Å². The van der Waals surface area contributed by atoms with E-state index in [1.165, 1.54) is 6.42 Å². The van der Waals surface area contributed by atoms with Crippen molar-refractivity contribution < 1.29 is 15.0 Å². The minimum Gasteiger partial charge on any atom is -0.478 e.